The van der Waals surface area contributed by atoms with E-state index in [9.17, 15) is 13.2 Å². The van der Waals surface area contributed by atoms with Gasteiger partial charge in [0.1, 0.15) is 5.60 Å². The molecule has 2 aromatic rings. The van der Waals surface area contributed by atoms with Crippen LogP contribution in [0.1, 0.15) is 45.7 Å². The van der Waals surface area contributed by atoms with Crippen LogP contribution < -0.4 is 10.0 Å². The monoisotopic (exact) mass is 422 g/mol. The van der Waals surface area contributed by atoms with Crippen LogP contribution in [-0.4, -0.2) is 48.0 Å². The minimum atomic E-state index is -3.47. The third kappa shape index (κ3) is 5.49. The van der Waals surface area contributed by atoms with Gasteiger partial charge in [-0.2, -0.15) is 17.4 Å². The molecule has 0 radical (unpaired) electrons. The van der Waals surface area contributed by atoms with Crippen molar-refractivity contribution in [1.29, 1.82) is 0 Å². The fraction of sp³-hybridized carbons (Fsp3) is 0.550. The Labute approximate surface area is 172 Å². The van der Waals surface area contributed by atoms with Gasteiger partial charge >= 0.3 is 6.09 Å². The van der Waals surface area contributed by atoms with E-state index in [1.807, 2.05) is 59.0 Å². The zero-order valence-corrected chi connectivity index (χ0v) is 18.4. The second-order valence-electron chi connectivity index (χ2n) is 9.13. The molecule has 0 atom stereocenters. The van der Waals surface area contributed by atoms with Crippen LogP contribution in [0.25, 0.3) is 10.9 Å². The number of benzene rings is 1. The highest BCUT2D eigenvalue weighted by Gasteiger charge is 2.40. The molecule has 0 unspecified atom stereocenters. The summed E-state index contributed by atoms with van der Waals surface area (Å²) in [5.74, 6) is 0. The first-order valence-electron chi connectivity index (χ1n) is 9.69. The molecule has 0 spiro atoms. The molecule has 3 N–H and O–H groups in total. The molecule has 0 bridgehead atoms. The van der Waals surface area contributed by atoms with Crippen molar-refractivity contribution in [3.8, 4) is 0 Å². The summed E-state index contributed by atoms with van der Waals surface area (Å²) in [5, 5.41) is 3.79. The number of carbonyl (C=O) groups is 1. The topological polar surface area (TPSA) is 104 Å². The summed E-state index contributed by atoms with van der Waals surface area (Å²) in [6, 6.07) is 5.90. The standard InChI is InChI=1S/C20H30N4O4S/c1-19(2,3)28-18(25)21-9-8-15-11-22-17-7-6-14(10-16(15)17)12-24-13-20(4,5)23-29(24,26)27/h6-7,10-11,22-23H,8-9,12-13H2,1-5H3,(H,21,25). The molecule has 1 saturated heterocycles. The summed E-state index contributed by atoms with van der Waals surface area (Å²) in [5.41, 5.74) is 1.94. The van der Waals surface area contributed by atoms with Crippen molar-refractivity contribution in [2.75, 3.05) is 13.1 Å². The van der Waals surface area contributed by atoms with Gasteiger partial charge in [0.2, 0.25) is 0 Å². The van der Waals surface area contributed by atoms with Crippen molar-refractivity contribution in [3.63, 3.8) is 0 Å². The number of hydrogen-bond acceptors (Lipinski definition) is 4. The first-order chi connectivity index (χ1) is 13.3. The number of rotatable bonds is 5. The molecule has 1 aromatic heterocycles. The van der Waals surface area contributed by atoms with Gasteiger partial charge in [-0.25, -0.2) is 4.79 Å². The fourth-order valence-electron chi connectivity index (χ4n) is 3.46. The van der Waals surface area contributed by atoms with E-state index >= 15 is 0 Å². The molecular formula is C20H30N4O4S. The number of fused-ring (bicyclic) bond motifs is 1. The molecule has 9 heteroatoms. The summed E-state index contributed by atoms with van der Waals surface area (Å²) >= 11 is 0. The number of nitrogens with one attached hydrogen (secondary N) is 3. The van der Waals surface area contributed by atoms with Gasteiger partial charge in [-0.15, -0.1) is 0 Å². The zero-order valence-electron chi connectivity index (χ0n) is 17.6. The highest BCUT2D eigenvalue weighted by molar-refractivity contribution is 7.87. The highest BCUT2D eigenvalue weighted by atomic mass is 32.2. The Balaban J connectivity index is 1.68. The van der Waals surface area contributed by atoms with E-state index in [0.29, 0.717) is 26.1 Å². The number of alkyl carbamates (subject to hydrolysis) is 1. The highest BCUT2D eigenvalue weighted by Crippen LogP contribution is 2.25. The second-order valence-corrected chi connectivity index (χ2v) is 10.8. The minimum absolute atomic E-state index is 0.315. The van der Waals surface area contributed by atoms with Gasteiger partial charge < -0.3 is 15.0 Å². The Morgan fingerprint density at radius 3 is 2.66 bits per heavy atom. The van der Waals surface area contributed by atoms with Crippen molar-refractivity contribution >= 4 is 27.2 Å². The first kappa shape index (κ1) is 21.6. The van der Waals surface area contributed by atoms with Crippen LogP contribution in [0.4, 0.5) is 4.79 Å². The predicted molar refractivity (Wildman–Crippen MR) is 113 cm³/mol. The molecule has 1 amide bonds. The molecular weight excluding hydrogens is 392 g/mol. The Morgan fingerprint density at radius 1 is 1.31 bits per heavy atom. The average Bonchev–Trinajstić information content (AvgIpc) is 3.02. The zero-order chi connectivity index (χ0) is 21.4. The van der Waals surface area contributed by atoms with E-state index in [1.165, 1.54) is 4.31 Å². The molecule has 2 heterocycles. The number of aromatic nitrogens is 1. The number of ether oxygens (including phenoxy) is 1. The number of carbonyl (C=O) groups excluding carboxylic acids is 1. The van der Waals surface area contributed by atoms with Crippen LogP contribution in [0, 0.1) is 0 Å². The average molecular weight is 423 g/mol. The van der Waals surface area contributed by atoms with Gasteiger partial charge in [-0.3, -0.25) is 0 Å². The lowest BCUT2D eigenvalue weighted by molar-refractivity contribution is 0.0528. The minimum Gasteiger partial charge on any atom is -0.444 e. The van der Waals surface area contributed by atoms with Gasteiger partial charge in [0.05, 0.1) is 0 Å². The van der Waals surface area contributed by atoms with Crippen molar-refractivity contribution in [3.05, 3.63) is 35.5 Å². The van der Waals surface area contributed by atoms with E-state index in [-0.39, 0.29) is 0 Å². The molecule has 1 fully saturated rings. The Bertz CT molecular complexity index is 1010. The third-order valence-corrected chi connectivity index (χ3v) is 6.32. The summed E-state index contributed by atoms with van der Waals surface area (Å²) in [4.78, 5) is 15.0. The largest absolute Gasteiger partial charge is 0.444 e. The van der Waals surface area contributed by atoms with Crippen LogP contribution in [0.3, 0.4) is 0 Å². The van der Waals surface area contributed by atoms with Gasteiger partial charge in [-0.1, -0.05) is 6.07 Å². The number of hydrogen-bond donors (Lipinski definition) is 3. The lowest BCUT2D eigenvalue weighted by Gasteiger charge is -2.19. The van der Waals surface area contributed by atoms with Crippen LogP contribution in [-0.2, 0) is 27.9 Å². The second kappa shape index (κ2) is 7.62. The number of aromatic amines is 1. The Morgan fingerprint density at radius 2 is 2.03 bits per heavy atom. The molecule has 0 aliphatic carbocycles. The van der Waals surface area contributed by atoms with Crippen molar-refractivity contribution in [2.45, 2.75) is 58.7 Å². The van der Waals surface area contributed by atoms with E-state index in [0.717, 1.165) is 22.0 Å². The van der Waals surface area contributed by atoms with E-state index in [2.05, 4.69) is 15.0 Å². The van der Waals surface area contributed by atoms with Crippen molar-refractivity contribution in [1.82, 2.24) is 19.3 Å². The predicted octanol–water partition coefficient (Wildman–Crippen LogP) is 2.66. The number of H-pyrrole nitrogens is 1. The van der Waals surface area contributed by atoms with E-state index < -0.39 is 27.4 Å². The smallest absolute Gasteiger partial charge is 0.407 e. The molecule has 1 aliphatic heterocycles. The Kier molecular flexibility index (Phi) is 5.68. The third-order valence-electron chi connectivity index (χ3n) is 4.57. The van der Waals surface area contributed by atoms with Gasteiger partial charge in [0.15, 0.2) is 0 Å². The van der Waals surface area contributed by atoms with Crippen LogP contribution >= 0.6 is 0 Å². The van der Waals surface area contributed by atoms with Crippen LogP contribution in [0.2, 0.25) is 0 Å². The normalized spacial score (nSPS) is 18.8. The van der Waals surface area contributed by atoms with Crippen molar-refractivity contribution < 1.29 is 17.9 Å². The SMILES string of the molecule is CC1(C)CN(Cc2ccc3[nH]cc(CCNC(=O)OC(C)(C)C)c3c2)S(=O)(=O)N1. The van der Waals surface area contributed by atoms with E-state index in [1.54, 1.807) is 0 Å². The van der Waals surface area contributed by atoms with Gasteiger partial charge in [0.25, 0.3) is 10.2 Å². The summed E-state index contributed by atoms with van der Waals surface area (Å²) in [6.07, 6.45) is 2.12. The summed E-state index contributed by atoms with van der Waals surface area (Å²) in [6.45, 7) is 10.4. The molecule has 1 aromatic carbocycles. The van der Waals surface area contributed by atoms with Crippen molar-refractivity contribution in [2.24, 2.45) is 0 Å². The van der Waals surface area contributed by atoms with Gasteiger partial charge in [-0.05, 0) is 64.3 Å². The number of nitrogens with zero attached hydrogens (tertiary/aromatic N) is 1. The molecule has 8 nitrogen and oxygen atoms in total. The van der Waals surface area contributed by atoms with Crippen LogP contribution in [0.5, 0.6) is 0 Å². The maximum Gasteiger partial charge on any atom is 0.407 e. The maximum absolute atomic E-state index is 12.3. The molecule has 0 saturated carbocycles. The first-order valence-corrected chi connectivity index (χ1v) is 11.1. The molecule has 1 aliphatic rings. The fourth-order valence-corrected chi connectivity index (χ4v) is 5.16. The van der Waals surface area contributed by atoms with Crippen LogP contribution in [0.15, 0.2) is 24.4 Å². The lowest BCUT2D eigenvalue weighted by Crippen LogP contribution is -2.36. The number of amides is 1. The van der Waals surface area contributed by atoms with Gasteiger partial charge in [0, 0.05) is 42.3 Å². The summed E-state index contributed by atoms with van der Waals surface area (Å²) in [7, 11) is -3.47. The lowest BCUT2D eigenvalue weighted by atomic mass is 10.1. The quantitative estimate of drug-likeness (QED) is 0.689. The van der Waals surface area contributed by atoms with E-state index in [4.69, 9.17) is 4.74 Å². The molecule has 3 rings (SSSR count). The Hall–Kier alpha value is -2.10. The maximum atomic E-state index is 12.3. The molecule has 160 valence electrons. The summed E-state index contributed by atoms with van der Waals surface area (Å²) < 4.78 is 34.0. The molecule has 29 heavy (non-hydrogen) atoms.